The summed E-state index contributed by atoms with van der Waals surface area (Å²) >= 11 is 3.80. The van der Waals surface area contributed by atoms with Crippen LogP contribution in [0, 0.1) is 0 Å². The van der Waals surface area contributed by atoms with Gasteiger partial charge in [0, 0.05) is 42.5 Å². The number of carbonyl (C=O) groups excluding carboxylic acids is 1. The van der Waals surface area contributed by atoms with E-state index in [1.165, 1.54) is 5.75 Å². The number of carbonyl (C=O) groups is 2. The first-order valence-corrected chi connectivity index (χ1v) is 9.02. The molecule has 1 unspecified atom stereocenters. The number of rotatable bonds is 5. The van der Waals surface area contributed by atoms with Gasteiger partial charge < -0.3 is 10.0 Å². The Balaban J connectivity index is 1.86. The van der Waals surface area contributed by atoms with Gasteiger partial charge in [0.15, 0.2) is 0 Å². The molecule has 1 fully saturated rings. The average molecular weight is 325 g/mol. The highest BCUT2D eigenvalue weighted by molar-refractivity contribution is 8.06. The highest BCUT2D eigenvalue weighted by Crippen LogP contribution is 2.26. The maximum Gasteiger partial charge on any atom is 0.335 e. The number of carboxylic acids is 1. The first-order valence-electron chi connectivity index (χ1n) is 6.82. The third kappa shape index (κ3) is 4.97. The van der Waals surface area contributed by atoms with Crippen LogP contribution in [0.3, 0.4) is 0 Å². The van der Waals surface area contributed by atoms with Crippen molar-refractivity contribution in [2.75, 3.05) is 24.3 Å². The number of nitrogens with zero attached hydrogens (tertiary/aromatic N) is 1. The van der Waals surface area contributed by atoms with Crippen molar-refractivity contribution in [2.24, 2.45) is 0 Å². The minimum Gasteiger partial charge on any atom is -0.478 e. The summed E-state index contributed by atoms with van der Waals surface area (Å²) in [7, 11) is 1.80. The normalized spacial score (nSPS) is 18.2. The Morgan fingerprint density at radius 2 is 2.00 bits per heavy atom. The van der Waals surface area contributed by atoms with E-state index in [9.17, 15) is 9.59 Å². The van der Waals surface area contributed by atoms with E-state index in [1.807, 2.05) is 23.5 Å². The second kappa shape index (κ2) is 7.75. The van der Waals surface area contributed by atoms with Crippen molar-refractivity contribution in [1.82, 2.24) is 4.90 Å². The fourth-order valence-corrected chi connectivity index (χ4v) is 4.79. The molecular weight excluding hydrogens is 306 g/mol. The SMILES string of the molecule is CN(Cc1ccc(C(=O)O)cc1)C(=O)CC1CSCCS1. The first-order chi connectivity index (χ1) is 10.1. The number of hydrogen-bond donors (Lipinski definition) is 1. The van der Waals surface area contributed by atoms with Crippen LogP contribution in [0.15, 0.2) is 24.3 Å². The van der Waals surface area contributed by atoms with E-state index >= 15 is 0 Å². The highest BCUT2D eigenvalue weighted by Gasteiger charge is 2.20. The summed E-state index contributed by atoms with van der Waals surface area (Å²) in [5.41, 5.74) is 1.21. The zero-order valence-corrected chi connectivity index (χ0v) is 13.6. The van der Waals surface area contributed by atoms with Gasteiger partial charge >= 0.3 is 5.97 Å². The minimum atomic E-state index is -0.933. The predicted molar refractivity (Wildman–Crippen MR) is 88.1 cm³/mol. The molecule has 1 aliphatic rings. The molecule has 1 aromatic carbocycles. The molecule has 1 atom stereocenters. The fraction of sp³-hybridized carbons (Fsp3) is 0.467. The topological polar surface area (TPSA) is 57.6 Å². The van der Waals surface area contributed by atoms with Crippen molar-refractivity contribution in [3.63, 3.8) is 0 Å². The van der Waals surface area contributed by atoms with Crippen LogP contribution in [-0.4, -0.2) is 51.4 Å². The number of carboxylic acid groups (broad SMARTS) is 1. The number of thioether (sulfide) groups is 2. The monoisotopic (exact) mass is 325 g/mol. The maximum atomic E-state index is 12.2. The van der Waals surface area contributed by atoms with Crippen LogP contribution in [0.1, 0.15) is 22.3 Å². The quantitative estimate of drug-likeness (QED) is 0.902. The van der Waals surface area contributed by atoms with E-state index in [4.69, 9.17) is 5.11 Å². The van der Waals surface area contributed by atoms with Gasteiger partial charge in [-0.15, -0.1) is 0 Å². The van der Waals surface area contributed by atoms with Crippen LogP contribution >= 0.6 is 23.5 Å². The number of benzene rings is 1. The summed E-state index contributed by atoms with van der Waals surface area (Å²) in [6, 6.07) is 6.67. The van der Waals surface area contributed by atoms with Crippen LogP contribution in [0.2, 0.25) is 0 Å². The number of hydrogen-bond acceptors (Lipinski definition) is 4. The van der Waals surface area contributed by atoms with Crippen molar-refractivity contribution in [3.8, 4) is 0 Å². The summed E-state index contributed by atoms with van der Waals surface area (Å²) in [6.07, 6.45) is 0.585. The van der Waals surface area contributed by atoms with Crippen molar-refractivity contribution >= 4 is 35.4 Å². The first kappa shape index (κ1) is 16.2. The molecule has 0 saturated carbocycles. The van der Waals surface area contributed by atoms with Gasteiger partial charge in [-0.1, -0.05) is 12.1 Å². The minimum absolute atomic E-state index is 0.150. The van der Waals surface area contributed by atoms with Crippen molar-refractivity contribution in [2.45, 2.75) is 18.2 Å². The molecule has 1 aliphatic heterocycles. The smallest absolute Gasteiger partial charge is 0.335 e. The Kier molecular flexibility index (Phi) is 5.99. The van der Waals surface area contributed by atoms with Gasteiger partial charge in [-0.3, -0.25) is 4.79 Å². The third-order valence-corrected chi connectivity index (χ3v) is 6.18. The summed E-state index contributed by atoms with van der Waals surface area (Å²) < 4.78 is 0. The molecule has 21 heavy (non-hydrogen) atoms. The molecule has 0 aliphatic carbocycles. The van der Waals surface area contributed by atoms with Crippen LogP contribution < -0.4 is 0 Å². The average Bonchev–Trinajstić information content (AvgIpc) is 2.48. The molecule has 2 rings (SSSR count). The Morgan fingerprint density at radius 1 is 1.29 bits per heavy atom. The standard InChI is InChI=1S/C15H19NO3S2/c1-16(14(17)8-13-10-20-6-7-21-13)9-11-2-4-12(5-3-11)15(18)19/h2-5,13H,6-10H2,1H3,(H,18,19). The Hall–Kier alpha value is -1.14. The molecule has 0 spiro atoms. The molecule has 1 amide bonds. The van der Waals surface area contributed by atoms with Gasteiger partial charge in [0.25, 0.3) is 0 Å². The summed E-state index contributed by atoms with van der Waals surface area (Å²) in [5.74, 6) is 2.58. The molecule has 0 radical (unpaired) electrons. The number of aromatic carboxylic acids is 1. The van der Waals surface area contributed by atoms with Crippen molar-refractivity contribution in [1.29, 1.82) is 0 Å². The molecule has 1 N–H and O–H groups in total. The van der Waals surface area contributed by atoms with Crippen molar-refractivity contribution < 1.29 is 14.7 Å². The Labute approximate surface area is 133 Å². The van der Waals surface area contributed by atoms with E-state index in [2.05, 4.69) is 0 Å². The predicted octanol–water partition coefficient (Wildman–Crippen LogP) is 2.58. The molecule has 0 aromatic heterocycles. The van der Waals surface area contributed by atoms with Crippen LogP contribution in [-0.2, 0) is 11.3 Å². The lowest BCUT2D eigenvalue weighted by atomic mass is 10.1. The van der Waals surface area contributed by atoms with E-state index in [0.717, 1.165) is 17.1 Å². The lowest BCUT2D eigenvalue weighted by Crippen LogP contribution is -2.30. The van der Waals surface area contributed by atoms with Crippen LogP contribution in [0.5, 0.6) is 0 Å². The van der Waals surface area contributed by atoms with Gasteiger partial charge in [0.05, 0.1) is 5.56 Å². The maximum absolute atomic E-state index is 12.2. The third-order valence-electron chi connectivity index (χ3n) is 3.33. The molecule has 6 heteroatoms. The highest BCUT2D eigenvalue weighted by atomic mass is 32.2. The van der Waals surface area contributed by atoms with Crippen LogP contribution in [0.4, 0.5) is 0 Å². The molecule has 0 bridgehead atoms. The molecule has 1 aromatic rings. The molecule has 4 nitrogen and oxygen atoms in total. The molecule has 1 saturated heterocycles. The summed E-state index contributed by atoms with van der Waals surface area (Å²) in [5, 5.41) is 9.28. The van der Waals surface area contributed by atoms with E-state index < -0.39 is 5.97 Å². The lowest BCUT2D eigenvalue weighted by Gasteiger charge is -2.24. The van der Waals surface area contributed by atoms with E-state index in [0.29, 0.717) is 18.2 Å². The molecular formula is C15H19NO3S2. The van der Waals surface area contributed by atoms with Gasteiger partial charge in [0.1, 0.15) is 0 Å². The van der Waals surface area contributed by atoms with Gasteiger partial charge in [-0.2, -0.15) is 23.5 Å². The van der Waals surface area contributed by atoms with Crippen LogP contribution in [0.25, 0.3) is 0 Å². The molecule has 114 valence electrons. The summed E-state index contributed by atoms with van der Waals surface area (Å²) in [6.45, 7) is 0.517. The lowest BCUT2D eigenvalue weighted by molar-refractivity contribution is -0.130. The zero-order chi connectivity index (χ0) is 15.2. The van der Waals surface area contributed by atoms with Gasteiger partial charge in [-0.05, 0) is 17.7 Å². The largest absolute Gasteiger partial charge is 0.478 e. The zero-order valence-electron chi connectivity index (χ0n) is 11.9. The number of amides is 1. The van der Waals surface area contributed by atoms with Crippen molar-refractivity contribution in [3.05, 3.63) is 35.4 Å². The second-order valence-corrected chi connectivity index (χ2v) is 7.58. The molecule has 1 heterocycles. The fourth-order valence-electron chi connectivity index (χ4n) is 2.12. The Bertz CT molecular complexity index is 498. The van der Waals surface area contributed by atoms with E-state index in [1.54, 1.807) is 36.2 Å². The van der Waals surface area contributed by atoms with Gasteiger partial charge in [0.2, 0.25) is 5.91 Å². The Morgan fingerprint density at radius 3 is 2.57 bits per heavy atom. The summed E-state index contributed by atoms with van der Waals surface area (Å²) in [4.78, 5) is 24.7. The second-order valence-electron chi connectivity index (χ2n) is 5.02. The van der Waals surface area contributed by atoms with E-state index in [-0.39, 0.29) is 11.5 Å². The van der Waals surface area contributed by atoms with Gasteiger partial charge in [-0.25, -0.2) is 4.79 Å².